The van der Waals surface area contributed by atoms with Crippen molar-refractivity contribution in [1.82, 2.24) is 5.32 Å². The number of phenolic OH excluding ortho intramolecular Hbond substituents is 1. The van der Waals surface area contributed by atoms with E-state index in [4.69, 9.17) is 0 Å². The Labute approximate surface area is 148 Å². The Morgan fingerprint density at radius 2 is 1.76 bits per heavy atom. The first kappa shape index (κ1) is 17.3. The number of aromatic hydroxyl groups is 1. The zero-order valence-electron chi connectivity index (χ0n) is 14.6. The smallest absolute Gasteiger partial charge is 0.275 e. The lowest BCUT2D eigenvalue weighted by Crippen LogP contribution is -3.15. The second kappa shape index (κ2) is 8.03. The van der Waals surface area contributed by atoms with Gasteiger partial charge in [-0.3, -0.25) is 4.79 Å². The Morgan fingerprint density at radius 1 is 1.12 bits per heavy atom. The molecule has 1 atom stereocenters. The van der Waals surface area contributed by atoms with Crippen molar-refractivity contribution < 1.29 is 14.8 Å². The monoisotopic (exact) mass is 340 g/mol. The third-order valence-electron chi connectivity index (χ3n) is 4.78. The number of para-hydroxylation sites is 2. The van der Waals surface area contributed by atoms with Crippen LogP contribution in [0.4, 0.5) is 5.69 Å². The lowest BCUT2D eigenvalue weighted by molar-refractivity contribution is -0.892. The summed E-state index contributed by atoms with van der Waals surface area (Å²) in [6, 6.07) is 17.5. The highest BCUT2D eigenvalue weighted by molar-refractivity contribution is 5.77. The lowest BCUT2D eigenvalue weighted by Gasteiger charge is -2.33. The number of piperazine rings is 1. The van der Waals surface area contributed by atoms with Crippen molar-refractivity contribution in [3.8, 4) is 5.75 Å². The first-order chi connectivity index (χ1) is 12.1. The van der Waals surface area contributed by atoms with Gasteiger partial charge < -0.3 is 20.2 Å². The third kappa shape index (κ3) is 4.51. The molecule has 3 rings (SSSR count). The van der Waals surface area contributed by atoms with E-state index >= 15 is 0 Å². The molecule has 0 radical (unpaired) electrons. The van der Waals surface area contributed by atoms with E-state index in [1.165, 1.54) is 4.90 Å². The molecule has 2 aromatic rings. The molecule has 0 aromatic heterocycles. The van der Waals surface area contributed by atoms with Gasteiger partial charge in [-0.1, -0.05) is 42.5 Å². The third-order valence-corrected chi connectivity index (χ3v) is 4.78. The number of phenols is 1. The molecule has 2 aromatic carbocycles. The van der Waals surface area contributed by atoms with Crippen LogP contribution < -0.4 is 15.1 Å². The predicted octanol–water partition coefficient (Wildman–Crippen LogP) is 0.975. The van der Waals surface area contributed by atoms with Gasteiger partial charge in [-0.05, 0) is 24.6 Å². The maximum Gasteiger partial charge on any atom is 0.275 e. The van der Waals surface area contributed by atoms with Crippen molar-refractivity contribution in [2.24, 2.45) is 0 Å². The average Bonchev–Trinajstić information content (AvgIpc) is 2.63. The van der Waals surface area contributed by atoms with Crippen LogP contribution in [0.1, 0.15) is 18.5 Å². The van der Waals surface area contributed by atoms with E-state index < -0.39 is 0 Å². The Hall–Kier alpha value is -2.53. The molecule has 25 heavy (non-hydrogen) atoms. The molecule has 3 N–H and O–H groups in total. The summed E-state index contributed by atoms with van der Waals surface area (Å²) < 4.78 is 0. The molecule has 1 heterocycles. The molecule has 0 saturated carbocycles. The van der Waals surface area contributed by atoms with E-state index in [1.807, 2.05) is 55.5 Å². The number of hydrogen-bond donors (Lipinski definition) is 3. The standard InChI is InChI=1S/C20H25N3O2/c1-16(17-7-3-2-4-8-17)21-20(25)15-22-11-13-23(14-12-22)18-9-5-6-10-19(18)24/h2-10,16,24H,11-15H2,1H3,(H,21,25)/p+1/t16-/m1/s1. The lowest BCUT2D eigenvalue weighted by atomic mass is 10.1. The summed E-state index contributed by atoms with van der Waals surface area (Å²) in [5, 5.41) is 13.1. The van der Waals surface area contributed by atoms with Gasteiger partial charge in [0, 0.05) is 0 Å². The van der Waals surface area contributed by atoms with E-state index in [1.54, 1.807) is 6.07 Å². The molecular formula is C20H26N3O2+. The number of benzene rings is 2. The summed E-state index contributed by atoms with van der Waals surface area (Å²) in [5.74, 6) is 0.405. The van der Waals surface area contributed by atoms with Gasteiger partial charge >= 0.3 is 0 Å². The highest BCUT2D eigenvalue weighted by atomic mass is 16.3. The van der Waals surface area contributed by atoms with E-state index in [2.05, 4.69) is 10.2 Å². The van der Waals surface area contributed by atoms with E-state index in [-0.39, 0.29) is 11.9 Å². The second-order valence-electron chi connectivity index (χ2n) is 6.60. The molecule has 0 aliphatic carbocycles. The van der Waals surface area contributed by atoms with Crippen LogP contribution in [0, 0.1) is 0 Å². The molecule has 132 valence electrons. The van der Waals surface area contributed by atoms with Crippen LogP contribution in [0.5, 0.6) is 5.75 Å². The summed E-state index contributed by atoms with van der Waals surface area (Å²) >= 11 is 0. The quantitative estimate of drug-likeness (QED) is 0.760. The fourth-order valence-electron chi connectivity index (χ4n) is 3.32. The fraction of sp³-hybridized carbons (Fsp3) is 0.350. The van der Waals surface area contributed by atoms with Crippen LogP contribution >= 0.6 is 0 Å². The van der Waals surface area contributed by atoms with E-state index in [9.17, 15) is 9.90 Å². The number of hydrogen-bond acceptors (Lipinski definition) is 3. The summed E-state index contributed by atoms with van der Waals surface area (Å²) in [6.07, 6.45) is 0. The largest absolute Gasteiger partial charge is 0.506 e. The van der Waals surface area contributed by atoms with Gasteiger partial charge in [-0.2, -0.15) is 0 Å². The highest BCUT2D eigenvalue weighted by Crippen LogP contribution is 2.25. The van der Waals surface area contributed by atoms with E-state index in [0.29, 0.717) is 12.3 Å². The summed E-state index contributed by atoms with van der Waals surface area (Å²) in [4.78, 5) is 15.8. The van der Waals surface area contributed by atoms with Crippen LogP contribution in [0.3, 0.4) is 0 Å². The van der Waals surface area contributed by atoms with Crippen molar-refractivity contribution in [3.05, 3.63) is 60.2 Å². The minimum absolute atomic E-state index is 0.0238. The van der Waals surface area contributed by atoms with Crippen LogP contribution in [-0.2, 0) is 4.79 Å². The van der Waals surface area contributed by atoms with Crippen molar-refractivity contribution in [2.75, 3.05) is 37.6 Å². The van der Waals surface area contributed by atoms with Gasteiger partial charge in [0.1, 0.15) is 5.75 Å². The number of amides is 1. The summed E-state index contributed by atoms with van der Waals surface area (Å²) in [5.41, 5.74) is 2.00. The maximum atomic E-state index is 12.3. The Kier molecular flexibility index (Phi) is 5.56. The first-order valence-corrected chi connectivity index (χ1v) is 8.84. The van der Waals surface area contributed by atoms with Crippen LogP contribution in [0.25, 0.3) is 0 Å². The molecule has 1 aliphatic rings. The molecule has 0 bridgehead atoms. The topological polar surface area (TPSA) is 57.0 Å². The highest BCUT2D eigenvalue weighted by Gasteiger charge is 2.24. The zero-order valence-corrected chi connectivity index (χ0v) is 14.6. The van der Waals surface area contributed by atoms with Crippen molar-refractivity contribution in [1.29, 1.82) is 0 Å². The minimum atomic E-state index is 0.0238. The second-order valence-corrected chi connectivity index (χ2v) is 6.60. The number of anilines is 1. The predicted molar refractivity (Wildman–Crippen MR) is 98.9 cm³/mol. The van der Waals surface area contributed by atoms with Crippen LogP contribution in [0.15, 0.2) is 54.6 Å². The maximum absolute atomic E-state index is 12.3. The molecule has 5 heteroatoms. The van der Waals surface area contributed by atoms with Crippen molar-refractivity contribution in [3.63, 3.8) is 0 Å². The Balaban J connectivity index is 1.47. The van der Waals surface area contributed by atoms with Crippen LogP contribution in [0.2, 0.25) is 0 Å². The molecule has 0 spiro atoms. The number of quaternary nitrogens is 1. The number of nitrogens with zero attached hydrogens (tertiary/aromatic N) is 1. The molecule has 1 fully saturated rings. The minimum Gasteiger partial charge on any atom is -0.506 e. The zero-order chi connectivity index (χ0) is 17.6. The number of nitrogens with one attached hydrogen (secondary N) is 2. The van der Waals surface area contributed by atoms with E-state index in [0.717, 1.165) is 37.4 Å². The van der Waals surface area contributed by atoms with Gasteiger partial charge in [0.2, 0.25) is 0 Å². The Morgan fingerprint density at radius 3 is 2.44 bits per heavy atom. The molecule has 5 nitrogen and oxygen atoms in total. The first-order valence-electron chi connectivity index (χ1n) is 8.84. The molecule has 1 aliphatic heterocycles. The van der Waals surface area contributed by atoms with Crippen molar-refractivity contribution >= 4 is 11.6 Å². The van der Waals surface area contributed by atoms with Gasteiger partial charge in [0.15, 0.2) is 6.54 Å². The normalized spacial score (nSPS) is 16.4. The molecule has 0 unspecified atom stereocenters. The molecule has 1 saturated heterocycles. The fourth-order valence-corrected chi connectivity index (χ4v) is 3.32. The summed E-state index contributed by atoms with van der Waals surface area (Å²) in [7, 11) is 0. The summed E-state index contributed by atoms with van der Waals surface area (Å²) in [6.45, 7) is 5.97. The molecular weight excluding hydrogens is 314 g/mol. The van der Waals surface area contributed by atoms with Gasteiger partial charge in [-0.25, -0.2) is 0 Å². The Bertz CT molecular complexity index is 697. The van der Waals surface area contributed by atoms with Gasteiger partial charge in [-0.15, -0.1) is 0 Å². The number of carbonyl (C=O) groups excluding carboxylic acids is 1. The van der Waals surface area contributed by atoms with Crippen molar-refractivity contribution in [2.45, 2.75) is 13.0 Å². The molecule has 1 amide bonds. The SMILES string of the molecule is C[C@@H](NC(=O)C[NH+]1CCN(c2ccccc2O)CC1)c1ccccc1. The number of carbonyl (C=O) groups is 1. The number of rotatable bonds is 5. The van der Waals surface area contributed by atoms with Gasteiger partial charge in [0.25, 0.3) is 5.91 Å². The van der Waals surface area contributed by atoms with Gasteiger partial charge in [0.05, 0.1) is 37.9 Å². The average molecular weight is 340 g/mol. The van der Waals surface area contributed by atoms with Crippen LogP contribution in [-0.4, -0.2) is 43.7 Å².